The maximum atomic E-state index is 14.0. The lowest BCUT2D eigenvalue weighted by atomic mass is 9.47. The van der Waals surface area contributed by atoms with Crippen molar-refractivity contribution in [2.45, 2.75) is 11.3 Å². The molecule has 3 aromatic carbocycles. The number of nitro benzene ring substituents is 1. The summed E-state index contributed by atoms with van der Waals surface area (Å²) in [6.07, 6.45) is 1.34. The van der Waals surface area contributed by atoms with Gasteiger partial charge < -0.3 is 5.21 Å². The molecule has 3 aromatic rings. The highest BCUT2D eigenvalue weighted by molar-refractivity contribution is 6.25. The Bertz CT molecular complexity index is 1350. The molecule has 4 aliphatic rings. The van der Waals surface area contributed by atoms with Crippen molar-refractivity contribution in [1.29, 1.82) is 0 Å². The standard InChI is InChI=1S/C25H17N3O5/c29-23-21-20-14-7-1-3-9-16(14)25(13-26-31,17-10-4-2-8-15(17)20)22(21)24(30)27(23)18-11-5-6-12-19(18)28(32)33/h1-13,20-22,31H/b26-13-/t20?,21-,22+,25?/m0/s1. The molecule has 0 saturated carbocycles. The van der Waals surface area contributed by atoms with E-state index in [-0.39, 0.29) is 17.3 Å². The van der Waals surface area contributed by atoms with Crippen LogP contribution in [0.4, 0.5) is 11.4 Å². The van der Waals surface area contributed by atoms with Crippen molar-refractivity contribution in [3.63, 3.8) is 0 Å². The van der Waals surface area contributed by atoms with E-state index in [1.54, 1.807) is 6.07 Å². The Morgan fingerprint density at radius 2 is 1.48 bits per heavy atom. The van der Waals surface area contributed by atoms with Crippen LogP contribution in [-0.2, 0) is 15.0 Å². The summed E-state index contributed by atoms with van der Waals surface area (Å²) in [5.41, 5.74) is 1.86. The average molecular weight is 439 g/mol. The summed E-state index contributed by atoms with van der Waals surface area (Å²) in [6.45, 7) is 0. The van der Waals surface area contributed by atoms with E-state index in [2.05, 4.69) is 5.16 Å². The topological polar surface area (TPSA) is 113 Å². The van der Waals surface area contributed by atoms with Crippen LogP contribution in [0.15, 0.2) is 78.0 Å². The second-order valence-corrected chi connectivity index (χ2v) is 8.53. The Morgan fingerprint density at radius 1 is 0.909 bits per heavy atom. The van der Waals surface area contributed by atoms with Gasteiger partial charge in [0.05, 0.1) is 28.4 Å². The first kappa shape index (κ1) is 19.4. The Labute approximate surface area is 187 Å². The number of para-hydroxylation sites is 2. The van der Waals surface area contributed by atoms with Gasteiger partial charge in [-0.25, -0.2) is 4.90 Å². The Balaban J connectivity index is 1.66. The van der Waals surface area contributed by atoms with E-state index >= 15 is 0 Å². The van der Waals surface area contributed by atoms with Gasteiger partial charge in [-0.1, -0.05) is 60.7 Å². The van der Waals surface area contributed by atoms with Crippen LogP contribution in [0.5, 0.6) is 0 Å². The SMILES string of the molecule is O=C1[C@H]2C3c4ccccc4C(/C=N\O)(c4ccccc43)[C@H]2C(=O)N1c1ccccc1[N+](=O)[O-]. The molecule has 33 heavy (non-hydrogen) atoms. The lowest BCUT2D eigenvalue weighted by Crippen LogP contribution is -2.54. The highest BCUT2D eigenvalue weighted by atomic mass is 16.6. The number of imide groups is 1. The highest BCUT2D eigenvalue weighted by Gasteiger charge is 2.68. The zero-order valence-corrected chi connectivity index (χ0v) is 17.2. The number of rotatable bonds is 3. The molecular formula is C25H17N3O5. The number of carbonyl (C=O) groups excluding carboxylic acids is 2. The smallest absolute Gasteiger partial charge is 0.293 e. The molecule has 0 aromatic heterocycles. The molecule has 1 fully saturated rings. The summed E-state index contributed by atoms with van der Waals surface area (Å²) in [5.74, 6) is -3.08. The molecular weight excluding hydrogens is 422 g/mol. The molecule has 1 heterocycles. The molecule has 2 amide bonds. The highest BCUT2D eigenvalue weighted by Crippen LogP contribution is 2.63. The van der Waals surface area contributed by atoms with Gasteiger partial charge in [0, 0.05) is 12.0 Å². The zero-order valence-electron chi connectivity index (χ0n) is 17.2. The van der Waals surface area contributed by atoms with E-state index in [1.165, 1.54) is 24.4 Å². The average Bonchev–Trinajstić information content (AvgIpc) is 3.10. The number of carbonyl (C=O) groups is 2. The number of nitro groups is 1. The van der Waals surface area contributed by atoms with Crippen LogP contribution < -0.4 is 4.90 Å². The molecule has 7 rings (SSSR count). The van der Waals surface area contributed by atoms with Crippen molar-refractivity contribution >= 4 is 29.4 Å². The van der Waals surface area contributed by atoms with Crippen LogP contribution >= 0.6 is 0 Å². The van der Waals surface area contributed by atoms with Crippen molar-refractivity contribution < 1.29 is 19.7 Å². The van der Waals surface area contributed by atoms with Crippen molar-refractivity contribution in [1.82, 2.24) is 0 Å². The lowest BCUT2D eigenvalue weighted by Gasteiger charge is -2.52. The molecule has 1 saturated heterocycles. The maximum absolute atomic E-state index is 14.0. The molecule has 2 atom stereocenters. The number of hydrogen-bond donors (Lipinski definition) is 1. The lowest BCUT2D eigenvalue weighted by molar-refractivity contribution is -0.384. The molecule has 8 heteroatoms. The van der Waals surface area contributed by atoms with Crippen molar-refractivity contribution in [2.75, 3.05) is 4.90 Å². The van der Waals surface area contributed by atoms with Crippen LogP contribution in [-0.4, -0.2) is 28.2 Å². The second-order valence-electron chi connectivity index (χ2n) is 8.53. The number of benzene rings is 3. The molecule has 1 aliphatic heterocycles. The molecule has 3 aliphatic carbocycles. The zero-order chi connectivity index (χ0) is 22.9. The fourth-order valence-corrected chi connectivity index (χ4v) is 6.19. The summed E-state index contributed by atoms with van der Waals surface area (Å²) in [6, 6.07) is 20.8. The minimum absolute atomic E-state index is 0.0458. The molecule has 0 radical (unpaired) electrons. The molecule has 0 spiro atoms. The minimum Gasteiger partial charge on any atom is -0.411 e. The van der Waals surface area contributed by atoms with Crippen molar-refractivity contribution in [3.05, 3.63) is 105 Å². The van der Waals surface area contributed by atoms with Crippen molar-refractivity contribution in [3.8, 4) is 0 Å². The third-order valence-electron chi connectivity index (χ3n) is 7.26. The predicted octanol–water partition coefficient (Wildman–Crippen LogP) is 3.61. The van der Waals surface area contributed by atoms with E-state index in [9.17, 15) is 24.9 Å². The number of amides is 2. The van der Waals surface area contributed by atoms with Gasteiger partial charge in [-0.15, -0.1) is 5.16 Å². The van der Waals surface area contributed by atoms with Crippen LogP contribution in [0.1, 0.15) is 28.2 Å². The first-order valence-corrected chi connectivity index (χ1v) is 10.5. The molecule has 1 N–H and O–H groups in total. The Morgan fingerprint density at radius 3 is 2.09 bits per heavy atom. The van der Waals surface area contributed by atoms with Gasteiger partial charge in [0.15, 0.2) is 0 Å². The first-order valence-electron chi connectivity index (χ1n) is 10.5. The number of oxime groups is 1. The van der Waals surface area contributed by atoms with Gasteiger partial charge in [0.25, 0.3) is 5.69 Å². The quantitative estimate of drug-likeness (QED) is 0.220. The molecule has 8 nitrogen and oxygen atoms in total. The van der Waals surface area contributed by atoms with Gasteiger partial charge in [-0.05, 0) is 28.3 Å². The van der Waals surface area contributed by atoms with Gasteiger partial charge in [0.1, 0.15) is 5.69 Å². The van der Waals surface area contributed by atoms with Gasteiger partial charge in [0.2, 0.25) is 11.8 Å². The van der Waals surface area contributed by atoms with Gasteiger partial charge in [-0.3, -0.25) is 19.7 Å². The summed E-state index contributed by atoms with van der Waals surface area (Å²) in [4.78, 5) is 39.8. The van der Waals surface area contributed by atoms with Crippen LogP contribution in [0.3, 0.4) is 0 Å². The van der Waals surface area contributed by atoms with E-state index in [1.807, 2.05) is 48.5 Å². The van der Waals surface area contributed by atoms with E-state index in [0.29, 0.717) is 0 Å². The summed E-state index contributed by atoms with van der Waals surface area (Å²) >= 11 is 0. The molecule has 2 bridgehead atoms. The number of hydrogen-bond acceptors (Lipinski definition) is 6. The van der Waals surface area contributed by atoms with Gasteiger partial charge >= 0.3 is 0 Å². The second kappa shape index (κ2) is 6.59. The van der Waals surface area contributed by atoms with E-state index in [0.717, 1.165) is 27.2 Å². The monoisotopic (exact) mass is 439 g/mol. The Hall–Kier alpha value is -4.33. The fraction of sp³-hybridized carbons (Fsp3) is 0.160. The normalized spacial score (nSPS) is 26.9. The number of nitrogens with zero attached hydrogens (tertiary/aromatic N) is 3. The van der Waals surface area contributed by atoms with E-state index < -0.39 is 34.0 Å². The minimum atomic E-state index is -1.17. The maximum Gasteiger partial charge on any atom is 0.293 e. The van der Waals surface area contributed by atoms with E-state index in [4.69, 9.17) is 0 Å². The van der Waals surface area contributed by atoms with Crippen LogP contribution in [0, 0.1) is 22.0 Å². The van der Waals surface area contributed by atoms with Crippen molar-refractivity contribution in [2.24, 2.45) is 17.0 Å². The molecule has 162 valence electrons. The molecule has 0 unspecified atom stereocenters. The summed E-state index contributed by atoms with van der Waals surface area (Å²) in [7, 11) is 0. The summed E-state index contributed by atoms with van der Waals surface area (Å²) < 4.78 is 0. The van der Waals surface area contributed by atoms with Gasteiger partial charge in [-0.2, -0.15) is 0 Å². The third kappa shape index (κ3) is 2.22. The predicted molar refractivity (Wildman–Crippen MR) is 118 cm³/mol. The largest absolute Gasteiger partial charge is 0.411 e. The first-order chi connectivity index (χ1) is 16.0. The van der Waals surface area contributed by atoms with Crippen LogP contribution in [0.2, 0.25) is 0 Å². The third-order valence-corrected chi connectivity index (χ3v) is 7.26. The Kier molecular flexibility index (Phi) is 3.86. The fourth-order valence-electron chi connectivity index (χ4n) is 6.19. The summed E-state index contributed by atoms with van der Waals surface area (Å²) in [5, 5.41) is 24.8. The van der Waals surface area contributed by atoms with Crippen LogP contribution in [0.25, 0.3) is 0 Å². The number of anilines is 1.